The summed E-state index contributed by atoms with van der Waals surface area (Å²) in [5, 5.41) is 19.1. The molecule has 0 aliphatic heterocycles. The number of hydrogen-bond donors (Lipinski definition) is 2. The van der Waals surface area contributed by atoms with Crippen molar-refractivity contribution in [1.82, 2.24) is 15.3 Å². The first-order valence-corrected chi connectivity index (χ1v) is 5.96. The predicted octanol–water partition coefficient (Wildman–Crippen LogP) is 3.10. The number of aromatic hydroxyl groups is 1. The highest BCUT2D eigenvalue weighted by Crippen LogP contribution is 2.31. The van der Waals surface area contributed by atoms with E-state index in [-0.39, 0.29) is 22.5 Å². The molecule has 0 amide bonds. The van der Waals surface area contributed by atoms with Gasteiger partial charge in [0.05, 0.1) is 5.69 Å². The predicted molar refractivity (Wildman–Crippen MR) is 67.6 cm³/mol. The van der Waals surface area contributed by atoms with Crippen LogP contribution in [-0.4, -0.2) is 26.8 Å². The summed E-state index contributed by atoms with van der Waals surface area (Å²) < 4.78 is 58.1. The van der Waals surface area contributed by atoms with E-state index in [0.717, 1.165) is 12.1 Å². The summed E-state index contributed by atoms with van der Waals surface area (Å²) in [7, 11) is 0. The number of nitrogens with one attached hydrogen (secondary N) is 1. The zero-order chi connectivity index (χ0) is 16.6. The summed E-state index contributed by atoms with van der Waals surface area (Å²) in [5.74, 6) is -2.24. The second-order valence-corrected chi connectivity index (χ2v) is 4.28. The summed E-state index contributed by atoms with van der Waals surface area (Å²) in [6.45, 7) is 0. The lowest BCUT2D eigenvalue weighted by molar-refractivity contribution is -0.274. The molecule has 0 unspecified atom stereocenters. The molecule has 0 spiro atoms. The summed E-state index contributed by atoms with van der Waals surface area (Å²) in [5.41, 5.74) is 0.00852. The van der Waals surface area contributed by atoms with E-state index in [1.807, 2.05) is 0 Å². The van der Waals surface area contributed by atoms with Crippen LogP contribution in [0.25, 0.3) is 11.2 Å². The number of ether oxygens (including phenoxy) is 1. The van der Waals surface area contributed by atoms with Gasteiger partial charge in [-0.2, -0.15) is 4.98 Å². The number of pyridine rings is 1. The lowest BCUT2D eigenvalue weighted by Gasteiger charge is -2.11. The molecule has 0 aliphatic rings. The normalized spacial score (nSPS) is 11.7. The fourth-order valence-electron chi connectivity index (χ4n) is 1.75. The second kappa shape index (κ2) is 5.26. The molecule has 3 rings (SSSR count). The first-order valence-electron chi connectivity index (χ1n) is 5.96. The largest absolute Gasteiger partial charge is 0.573 e. The highest BCUT2D eigenvalue weighted by Gasteiger charge is 2.31. The van der Waals surface area contributed by atoms with Crippen LogP contribution in [0, 0.1) is 5.82 Å². The number of halogens is 4. The van der Waals surface area contributed by atoms with Gasteiger partial charge in [-0.25, -0.2) is 9.02 Å². The first-order chi connectivity index (χ1) is 10.8. The molecule has 0 atom stereocenters. The maximum Gasteiger partial charge on any atom is 0.573 e. The van der Waals surface area contributed by atoms with E-state index in [1.165, 1.54) is 6.07 Å². The van der Waals surface area contributed by atoms with E-state index in [1.54, 1.807) is 0 Å². The van der Waals surface area contributed by atoms with Crippen LogP contribution >= 0.6 is 0 Å². The molecule has 2 N–H and O–H groups in total. The van der Waals surface area contributed by atoms with Crippen molar-refractivity contribution in [3.63, 3.8) is 0 Å². The fourth-order valence-corrected chi connectivity index (χ4v) is 1.75. The molecule has 23 heavy (non-hydrogen) atoms. The van der Waals surface area contributed by atoms with E-state index in [9.17, 15) is 22.7 Å². The van der Waals surface area contributed by atoms with Crippen LogP contribution in [0.3, 0.4) is 0 Å². The molecule has 2 aromatic heterocycles. The molecule has 0 radical (unpaired) electrons. The minimum absolute atomic E-state index is 0.0309. The summed E-state index contributed by atoms with van der Waals surface area (Å²) in [6.07, 6.45) is -4.92. The second-order valence-electron chi connectivity index (χ2n) is 4.28. The van der Waals surface area contributed by atoms with Gasteiger partial charge in [-0.3, -0.25) is 0 Å². The van der Waals surface area contributed by atoms with Gasteiger partial charge in [0, 0.05) is 12.1 Å². The lowest BCUT2D eigenvalue weighted by Crippen LogP contribution is -2.17. The summed E-state index contributed by atoms with van der Waals surface area (Å²) >= 11 is 0. The number of fused-ring (bicyclic) bond motifs is 1. The minimum Gasteiger partial charge on any atom is -0.492 e. The third kappa shape index (κ3) is 3.22. The maximum atomic E-state index is 13.8. The highest BCUT2D eigenvalue weighted by atomic mass is 19.4. The van der Waals surface area contributed by atoms with Crippen molar-refractivity contribution < 1.29 is 32.0 Å². The highest BCUT2D eigenvalue weighted by molar-refractivity contribution is 5.78. The van der Waals surface area contributed by atoms with Gasteiger partial charge in [0.1, 0.15) is 17.3 Å². The number of nitrogens with zero attached hydrogens (tertiary/aromatic N) is 3. The van der Waals surface area contributed by atoms with Crippen molar-refractivity contribution in [3.05, 3.63) is 30.1 Å². The van der Waals surface area contributed by atoms with E-state index in [0.29, 0.717) is 6.07 Å². The van der Waals surface area contributed by atoms with Gasteiger partial charge < -0.3 is 15.2 Å². The van der Waals surface area contributed by atoms with Crippen LogP contribution in [0.1, 0.15) is 0 Å². The van der Waals surface area contributed by atoms with Gasteiger partial charge in [0.2, 0.25) is 11.5 Å². The van der Waals surface area contributed by atoms with Crippen LogP contribution in [0.15, 0.2) is 28.9 Å². The molecule has 0 bridgehead atoms. The van der Waals surface area contributed by atoms with Crippen LogP contribution in [0.5, 0.6) is 11.6 Å². The molecular weight excluding hydrogens is 324 g/mol. The molecule has 1 aromatic carbocycles. The number of alkyl halides is 3. The van der Waals surface area contributed by atoms with Crippen LogP contribution in [0.4, 0.5) is 28.9 Å². The summed E-state index contributed by atoms with van der Waals surface area (Å²) in [4.78, 5) is 3.66. The molecule has 0 fully saturated rings. The van der Waals surface area contributed by atoms with Gasteiger partial charge >= 0.3 is 6.36 Å². The van der Waals surface area contributed by atoms with E-state index < -0.39 is 23.8 Å². The average molecular weight is 330 g/mol. The Morgan fingerprint density at radius 3 is 2.61 bits per heavy atom. The van der Waals surface area contributed by atoms with E-state index in [2.05, 4.69) is 30.0 Å². The van der Waals surface area contributed by atoms with Gasteiger partial charge in [0.25, 0.3) is 0 Å². The minimum atomic E-state index is -4.92. The zero-order valence-corrected chi connectivity index (χ0v) is 10.9. The van der Waals surface area contributed by atoms with Gasteiger partial charge in [0.15, 0.2) is 5.52 Å². The standard InChI is InChI=1S/C12H6F4N4O3/c13-6-3-5(22-12(14,15)16)1-2-7(6)17-9-4-8-10(18-11(9)21)20-23-19-8/h1-4,17H,(H,18,20,21). The fraction of sp³-hybridized carbons (Fsp3) is 0.0833. The van der Waals surface area contributed by atoms with Crippen molar-refractivity contribution >= 4 is 22.5 Å². The zero-order valence-electron chi connectivity index (χ0n) is 10.9. The molecule has 2 heterocycles. The Labute approximate surface area is 124 Å². The van der Waals surface area contributed by atoms with Gasteiger partial charge in [-0.1, -0.05) is 0 Å². The van der Waals surface area contributed by atoms with Gasteiger partial charge in [-0.05, 0) is 22.4 Å². The van der Waals surface area contributed by atoms with Crippen molar-refractivity contribution in [2.45, 2.75) is 6.36 Å². The Morgan fingerprint density at radius 2 is 1.91 bits per heavy atom. The average Bonchev–Trinajstić information content (AvgIpc) is 2.87. The third-order valence-electron chi connectivity index (χ3n) is 2.67. The van der Waals surface area contributed by atoms with Crippen molar-refractivity contribution in [2.24, 2.45) is 0 Å². The Morgan fingerprint density at radius 1 is 1.13 bits per heavy atom. The first kappa shape index (κ1) is 14.8. The van der Waals surface area contributed by atoms with Crippen LogP contribution in [0.2, 0.25) is 0 Å². The monoisotopic (exact) mass is 330 g/mol. The van der Waals surface area contributed by atoms with Crippen molar-refractivity contribution in [3.8, 4) is 11.6 Å². The quantitative estimate of drug-likeness (QED) is 0.713. The third-order valence-corrected chi connectivity index (χ3v) is 2.67. The Balaban J connectivity index is 1.88. The SMILES string of the molecule is Oc1nc2nonc2cc1Nc1ccc(OC(F)(F)F)cc1F. The number of benzene rings is 1. The number of rotatable bonds is 3. The molecule has 11 heteroatoms. The Bertz CT molecular complexity index is 865. The van der Waals surface area contributed by atoms with Crippen molar-refractivity contribution in [2.75, 3.05) is 5.32 Å². The van der Waals surface area contributed by atoms with Crippen LogP contribution in [-0.2, 0) is 0 Å². The topological polar surface area (TPSA) is 93.3 Å². The molecule has 0 aliphatic carbocycles. The summed E-state index contributed by atoms with van der Waals surface area (Å²) in [6, 6.07) is 3.77. The Hall–Kier alpha value is -3.11. The Kier molecular flexibility index (Phi) is 3.39. The molecular formula is C12H6F4N4O3. The van der Waals surface area contributed by atoms with Crippen LogP contribution < -0.4 is 10.1 Å². The van der Waals surface area contributed by atoms with Crippen molar-refractivity contribution in [1.29, 1.82) is 0 Å². The smallest absolute Gasteiger partial charge is 0.492 e. The van der Waals surface area contributed by atoms with Gasteiger partial charge in [-0.15, -0.1) is 13.2 Å². The molecule has 0 saturated carbocycles. The number of hydrogen-bond acceptors (Lipinski definition) is 7. The molecule has 7 nitrogen and oxygen atoms in total. The molecule has 3 aromatic rings. The maximum absolute atomic E-state index is 13.8. The molecule has 0 saturated heterocycles. The van der Waals surface area contributed by atoms with E-state index >= 15 is 0 Å². The lowest BCUT2D eigenvalue weighted by atomic mass is 10.2. The number of aromatic nitrogens is 3. The van der Waals surface area contributed by atoms with E-state index in [4.69, 9.17) is 0 Å². The molecule has 120 valence electrons. The number of anilines is 2.